The molecule has 7 nitrogen and oxygen atoms in total. The van der Waals surface area contributed by atoms with Gasteiger partial charge in [0.1, 0.15) is 11.3 Å². The zero-order chi connectivity index (χ0) is 16.0. The van der Waals surface area contributed by atoms with E-state index in [1.54, 1.807) is 12.3 Å². The van der Waals surface area contributed by atoms with Gasteiger partial charge >= 0.3 is 6.03 Å². The molecule has 3 fully saturated rings. The first-order chi connectivity index (χ1) is 11.1. The number of furan rings is 1. The van der Waals surface area contributed by atoms with Crippen LogP contribution in [0.1, 0.15) is 50.2 Å². The Labute approximate surface area is 133 Å². The highest BCUT2D eigenvalue weighted by Crippen LogP contribution is 2.47. The summed E-state index contributed by atoms with van der Waals surface area (Å²) < 4.78 is 5.30. The van der Waals surface area contributed by atoms with Crippen LogP contribution in [0, 0.1) is 5.92 Å². The minimum atomic E-state index is -0.813. The summed E-state index contributed by atoms with van der Waals surface area (Å²) in [7, 11) is 0. The van der Waals surface area contributed by atoms with Crippen LogP contribution >= 0.6 is 0 Å². The van der Waals surface area contributed by atoms with Crippen LogP contribution < -0.4 is 10.7 Å². The van der Waals surface area contributed by atoms with E-state index in [0.29, 0.717) is 19.3 Å². The van der Waals surface area contributed by atoms with Crippen molar-refractivity contribution in [1.82, 2.24) is 15.8 Å². The van der Waals surface area contributed by atoms with Crippen molar-refractivity contribution >= 4 is 17.8 Å². The van der Waals surface area contributed by atoms with Crippen LogP contribution in [-0.4, -0.2) is 28.4 Å². The summed E-state index contributed by atoms with van der Waals surface area (Å²) in [4.78, 5) is 37.0. The highest BCUT2D eigenvalue weighted by molar-refractivity contribution is 6.08. The molecule has 4 amide bonds. The second kappa shape index (κ2) is 5.11. The average molecular weight is 317 g/mol. The maximum Gasteiger partial charge on any atom is 0.344 e. The van der Waals surface area contributed by atoms with Crippen molar-refractivity contribution in [1.29, 1.82) is 0 Å². The van der Waals surface area contributed by atoms with Gasteiger partial charge in [0.2, 0.25) is 5.91 Å². The number of amides is 4. The van der Waals surface area contributed by atoms with Gasteiger partial charge < -0.3 is 9.73 Å². The molecule has 1 aromatic rings. The van der Waals surface area contributed by atoms with Crippen LogP contribution in [0.15, 0.2) is 22.8 Å². The predicted octanol–water partition coefficient (Wildman–Crippen LogP) is 1.67. The van der Waals surface area contributed by atoms with Crippen molar-refractivity contribution in [2.24, 2.45) is 5.92 Å². The molecule has 122 valence electrons. The van der Waals surface area contributed by atoms with Crippen LogP contribution in [0.2, 0.25) is 0 Å². The summed E-state index contributed by atoms with van der Waals surface area (Å²) in [5.41, 5.74) is 1.68. The summed E-state index contributed by atoms with van der Waals surface area (Å²) in [6, 6.07) is 3.09. The quantitative estimate of drug-likeness (QED) is 0.830. The first-order valence-corrected chi connectivity index (χ1v) is 8.11. The van der Waals surface area contributed by atoms with Gasteiger partial charge in [-0.1, -0.05) is 19.3 Å². The molecule has 2 saturated carbocycles. The lowest BCUT2D eigenvalue weighted by Crippen LogP contribution is -2.51. The lowest BCUT2D eigenvalue weighted by molar-refractivity contribution is -0.140. The van der Waals surface area contributed by atoms with Crippen molar-refractivity contribution in [2.45, 2.75) is 50.0 Å². The van der Waals surface area contributed by atoms with E-state index in [2.05, 4.69) is 10.7 Å². The van der Waals surface area contributed by atoms with E-state index in [4.69, 9.17) is 4.42 Å². The van der Waals surface area contributed by atoms with E-state index in [-0.39, 0.29) is 23.7 Å². The third-order valence-electron chi connectivity index (χ3n) is 5.13. The number of rotatable bonds is 3. The number of hydrogen-bond donors (Lipinski definition) is 2. The molecule has 3 aliphatic rings. The van der Waals surface area contributed by atoms with Gasteiger partial charge in [0.25, 0.3) is 5.91 Å². The Hall–Kier alpha value is -2.31. The third kappa shape index (κ3) is 2.31. The molecule has 0 radical (unpaired) electrons. The van der Waals surface area contributed by atoms with Crippen molar-refractivity contribution in [3.63, 3.8) is 0 Å². The third-order valence-corrected chi connectivity index (χ3v) is 5.13. The molecule has 1 spiro atoms. The normalized spacial score (nSPS) is 28.8. The SMILES string of the molecule is O=C(NN1C(=O)NC2(CCCCC2)C1=O)C1CC1c1ccco1. The van der Waals surface area contributed by atoms with Gasteiger partial charge in [0.15, 0.2) is 0 Å². The van der Waals surface area contributed by atoms with Crippen molar-refractivity contribution in [3.8, 4) is 0 Å². The Morgan fingerprint density at radius 1 is 1.30 bits per heavy atom. The van der Waals surface area contributed by atoms with Gasteiger partial charge in [-0.05, 0) is 31.4 Å². The largest absolute Gasteiger partial charge is 0.469 e. The second-order valence-electron chi connectivity index (χ2n) is 6.65. The van der Waals surface area contributed by atoms with Gasteiger partial charge in [0.05, 0.1) is 12.2 Å². The Morgan fingerprint density at radius 2 is 2.09 bits per heavy atom. The van der Waals surface area contributed by atoms with Crippen molar-refractivity contribution < 1.29 is 18.8 Å². The lowest BCUT2D eigenvalue weighted by atomic mass is 9.82. The average Bonchev–Trinajstić information content (AvgIpc) is 3.11. The number of nitrogens with one attached hydrogen (secondary N) is 2. The van der Waals surface area contributed by atoms with E-state index in [1.807, 2.05) is 6.07 Å². The minimum absolute atomic E-state index is 0.0365. The van der Waals surface area contributed by atoms with Crippen LogP contribution in [0.4, 0.5) is 4.79 Å². The number of carbonyl (C=O) groups is 3. The highest BCUT2D eigenvalue weighted by Gasteiger charge is 2.54. The monoisotopic (exact) mass is 317 g/mol. The summed E-state index contributed by atoms with van der Waals surface area (Å²) >= 11 is 0. The molecule has 2 N–H and O–H groups in total. The summed E-state index contributed by atoms with van der Waals surface area (Å²) in [5.74, 6) is -0.0707. The number of carbonyl (C=O) groups excluding carboxylic acids is 3. The fourth-order valence-electron chi connectivity index (χ4n) is 3.71. The number of hydrogen-bond acceptors (Lipinski definition) is 4. The Balaban J connectivity index is 1.42. The molecule has 0 bridgehead atoms. The second-order valence-corrected chi connectivity index (χ2v) is 6.65. The van der Waals surface area contributed by atoms with Crippen molar-refractivity contribution in [3.05, 3.63) is 24.2 Å². The van der Waals surface area contributed by atoms with E-state index in [9.17, 15) is 14.4 Å². The van der Waals surface area contributed by atoms with Crippen molar-refractivity contribution in [2.75, 3.05) is 0 Å². The van der Waals surface area contributed by atoms with Gasteiger partial charge in [-0.3, -0.25) is 15.0 Å². The number of urea groups is 1. The Bertz CT molecular complexity index is 648. The van der Waals surface area contributed by atoms with Gasteiger partial charge in [-0.25, -0.2) is 4.79 Å². The molecule has 1 aliphatic heterocycles. The Kier molecular flexibility index (Phi) is 3.18. The molecule has 4 rings (SSSR count). The molecule has 23 heavy (non-hydrogen) atoms. The standard InChI is InChI=1S/C16H19N3O4/c20-13(11-9-10(11)12-5-4-8-23-12)18-19-14(21)16(17-15(19)22)6-2-1-3-7-16/h4-5,8,10-11H,1-3,6-7,9H2,(H,17,22)(H,18,20). The maximum atomic E-state index is 12.6. The number of imide groups is 1. The van der Waals surface area contributed by atoms with Gasteiger partial charge in [-0.2, -0.15) is 5.01 Å². The lowest BCUT2D eigenvalue weighted by Gasteiger charge is -2.30. The zero-order valence-corrected chi connectivity index (χ0v) is 12.7. The molecule has 1 saturated heterocycles. The molecule has 2 atom stereocenters. The highest BCUT2D eigenvalue weighted by atomic mass is 16.3. The number of hydrazine groups is 1. The fraction of sp³-hybridized carbons (Fsp3) is 0.562. The first-order valence-electron chi connectivity index (χ1n) is 8.11. The minimum Gasteiger partial charge on any atom is -0.469 e. The van der Waals surface area contributed by atoms with Crippen LogP contribution in [0.3, 0.4) is 0 Å². The smallest absolute Gasteiger partial charge is 0.344 e. The molecule has 2 aliphatic carbocycles. The summed E-state index contributed by atoms with van der Waals surface area (Å²) in [5, 5.41) is 3.64. The number of nitrogens with zero attached hydrogens (tertiary/aromatic N) is 1. The topological polar surface area (TPSA) is 91.7 Å². The zero-order valence-electron chi connectivity index (χ0n) is 12.7. The van der Waals surface area contributed by atoms with E-state index >= 15 is 0 Å². The maximum absolute atomic E-state index is 12.6. The van der Waals surface area contributed by atoms with Gasteiger partial charge in [0, 0.05) is 5.92 Å². The molecule has 1 aromatic heterocycles. The molecule has 0 aromatic carbocycles. The molecule has 7 heteroatoms. The predicted molar refractivity (Wildman–Crippen MR) is 78.9 cm³/mol. The molecule has 2 heterocycles. The van der Waals surface area contributed by atoms with E-state index in [0.717, 1.165) is 30.0 Å². The van der Waals surface area contributed by atoms with Crippen LogP contribution in [0.5, 0.6) is 0 Å². The summed E-state index contributed by atoms with van der Waals surface area (Å²) in [6.07, 6.45) is 6.43. The van der Waals surface area contributed by atoms with Crippen LogP contribution in [-0.2, 0) is 9.59 Å². The van der Waals surface area contributed by atoms with Gasteiger partial charge in [-0.15, -0.1) is 0 Å². The Morgan fingerprint density at radius 3 is 2.78 bits per heavy atom. The first kappa shape index (κ1) is 14.3. The molecular formula is C16H19N3O4. The fourth-order valence-corrected chi connectivity index (χ4v) is 3.71. The van der Waals surface area contributed by atoms with E-state index in [1.165, 1.54) is 0 Å². The molecular weight excluding hydrogens is 298 g/mol. The summed E-state index contributed by atoms with van der Waals surface area (Å²) in [6.45, 7) is 0. The molecule has 2 unspecified atom stereocenters. The van der Waals surface area contributed by atoms with E-state index < -0.39 is 11.6 Å². The van der Waals surface area contributed by atoms with Crippen LogP contribution in [0.25, 0.3) is 0 Å².